The molecule has 1 aromatic carbocycles. The monoisotopic (exact) mass is 274 g/mol. The topological polar surface area (TPSA) is 71.5 Å². The average molecular weight is 274 g/mol. The zero-order valence-corrected chi connectivity index (χ0v) is 11.6. The number of nitrogens with one attached hydrogen (secondary N) is 1. The van der Waals surface area contributed by atoms with E-state index in [1.54, 1.807) is 13.2 Å². The Balaban J connectivity index is 2.46. The predicted molar refractivity (Wildman–Crippen MR) is 78.3 cm³/mol. The maximum Gasteiger partial charge on any atom is 0.354 e. The van der Waals surface area contributed by atoms with Gasteiger partial charge in [0, 0.05) is 12.5 Å². The Bertz CT molecular complexity index is 613. The molecule has 0 aliphatic rings. The highest BCUT2D eigenvalue weighted by Gasteiger charge is 2.13. The van der Waals surface area contributed by atoms with E-state index in [1.165, 1.54) is 0 Å². The van der Waals surface area contributed by atoms with Crippen LogP contribution in [0.4, 0.5) is 5.82 Å². The molecular formula is C15H18N2O3. The quantitative estimate of drug-likeness (QED) is 0.847. The molecule has 0 saturated heterocycles. The van der Waals surface area contributed by atoms with E-state index in [9.17, 15) is 4.79 Å². The van der Waals surface area contributed by atoms with Gasteiger partial charge in [-0.2, -0.15) is 0 Å². The van der Waals surface area contributed by atoms with Gasteiger partial charge in [0.25, 0.3) is 0 Å². The van der Waals surface area contributed by atoms with Crippen molar-refractivity contribution in [1.82, 2.24) is 4.98 Å². The zero-order chi connectivity index (χ0) is 14.5. The van der Waals surface area contributed by atoms with E-state index in [2.05, 4.69) is 10.3 Å². The summed E-state index contributed by atoms with van der Waals surface area (Å²) in [6.45, 7) is 2.59. The van der Waals surface area contributed by atoms with Crippen molar-refractivity contribution in [3.63, 3.8) is 0 Å². The summed E-state index contributed by atoms with van der Waals surface area (Å²) in [5.74, 6) is -0.442. The number of nitrogens with zero attached hydrogens (tertiary/aromatic N) is 1. The fourth-order valence-electron chi connectivity index (χ4n) is 2.07. The summed E-state index contributed by atoms with van der Waals surface area (Å²) in [4.78, 5) is 15.4. The number of fused-ring (bicyclic) bond motifs is 1. The maximum atomic E-state index is 11.2. The number of carbonyl (C=O) groups is 1. The van der Waals surface area contributed by atoms with Crippen molar-refractivity contribution in [2.24, 2.45) is 0 Å². The van der Waals surface area contributed by atoms with E-state index in [0.717, 1.165) is 17.2 Å². The lowest BCUT2D eigenvalue weighted by molar-refractivity contribution is 0.0691. The number of methoxy groups -OCH3 is 1. The Labute approximate surface area is 117 Å². The van der Waals surface area contributed by atoms with Gasteiger partial charge in [-0.25, -0.2) is 9.78 Å². The van der Waals surface area contributed by atoms with Gasteiger partial charge in [-0.15, -0.1) is 0 Å². The minimum Gasteiger partial charge on any atom is -0.477 e. The minimum absolute atomic E-state index is 0.0402. The SMILES string of the molecule is CCC(COC)Nc1nc(C(=O)O)cc2ccccc12. The summed E-state index contributed by atoms with van der Waals surface area (Å²) < 4.78 is 5.15. The summed E-state index contributed by atoms with van der Waals surface area (Å²) in [5, 5.41) is 14.2. The first kappa shape index (κ1) is 14.3. The second kappa shape index (κ2) is 6.34. The van der Waals surface area contributed by atoms with E-state index in [4.69, 9.17) is 9.84 Å². The van der Waals surface area contributed by atoms with Gasteiger partial charge in [0.2, 0.25) is 0 Å². The Morgan fingerprint density at radius 2 is 2.20 bits per heavy atom. The molecule has 0 spiro atoms. The second-order valence-electron chi connectivity index (χ2n) is 4.59. The highest BCUT2D eigenvalue weighted by molar-refractivity contribution is 5.97. The highest BCUT2D eigenvalue weighted by Crippen LogP contribution is 2.23. The van der Waals surface area contributed by atoms with Crippen molar-refractivity contribution in [3.05, 3.63) is 36.0 Å². The molecule has 0 bridgehead atoms. The van der Waals surface area contributed by atoms with Gasteiger partial charge in [0.15, 0.2) is 5.69 Å². The van der Waals surface area contributed by atoms with Crippen LogP contribution in [0.25, 0.3) is 10.8 Å². The molecular weight excluding hydrogens is 256 g/mol. The van der Waals surface area contributed by atoms with Crippen LogP contribution >= 0.6 is 0 Å². The number of hydrogen-bond donors (Lipinski definition) is 2. The number of aromatic carboxylic acids is 1. The van der Waals surface area contributed by atoms with Gasteiger partial charge in [0.1, 0.15) is 5.82 Å². The van der Waals surface area contributed by atoms with Crippen LogP contribution in [-0.4, -0.2) is 35.8 Å². The summed E-state index contributed by atoms with van der Waals surface area (Å²) in [6, 6.07) is 9.28. The number of benzene rings is 1. The molecule has 2 aromatic rings. The smallest absolute Gasteiger partial charge is 0.354 e. The molecule has 5 heteroatoms. The van der Waals surface area contributed by atoms with Crippen molar-refractivity contribution < 1.29 is 14.6 Å². The fraction of sp³-hybridized carbons (Fsp3) is 0.333. The van der Waals surface area contributed by atoms with Crippen LogP contribution in [0.5, 0.6) is 0 Å². The number of anilines is 1. The maximum absolute atomic E-state index is 11.2. The lowest BCUT2D eigenvalue weighted by Gasteiger charge is -2.18. The summed E-state index contributed by atoms with van der Waals surface area (Å²) >= 11 is 0. The molecule has 1 unspecified atom stereocenters. The molecule has 20 heavy (non-hydrogen) atoms. The van der Waals surface area contributed by atoms with Crippen LogP contribution in [0.1, 0.15) is 23.8 Å². The first-order valence-corrected chi connectivity index (χ1v) is 6.54. The molecule has 1 aromatic heterocycles. The number of carboxylic acids is 1. The van der Waals surface area contributed by atoms with Crippen LogP contribution in [0.3, 0.4) is 0 Å². The number of ether oxygens (including phenoxy) is 1. The summed E-state index contributed by atoms with van der Waals surface area (Å²) in [7, 11) is 1.64. The van der Waals surface area contributed by atoms with Crippen molar-refractivity contribution in [2.45, 2.75) is 19.4 Å². The van der Waals surface area contributed by atoms with Crippen LogP contribution < -0.4 is 5.32 Å². The minimum atomic E-state index is -1.03. The van der Waals surface area contributed by atoms with Crippen LogP contribution in [-0.2, 0) is 4.74 Å². The van der Waals surface area contributed by atoms with Crippen molar-refractivity contribution in [3.8, 4) is 0 Å². The second-order valence-corrected chi connectivity index (χ2v) is 4.59. The van der Waals surface area contributed by atoms with Gasteiger partial charge < -0.3 is 15.2 Å². The zero-order valence-electron chi connectivity index (χ0n) is 11.6. The van der Waals surface area contributed by atoms with Crippen LogP contribution in [0.15, 0.2) is 30.3 Å². The summed E-state index contributed by atoms with van der Waals surface area (Å²) in [5.41, 5.74) is 0.0402. The molecule has 2 rings (SSSR count). The number of carboxylic acid groups (broad SMARTS) is 1. The van der Waals surface area contributed by atoms with Gasteiger partial charge in [-0.3, -0.25) is 0 Å². The van der Waals surface area contributed by atoms with Gasteiger partial charge in [0.05, 0.1) is 12.6 Å². The molecule has 0 aliphatic heterocycles. The van der Waals surface area contributed by atoms with Crippen LogP contribution in [0, 0.1) is 0 Å². The Hall–Kier alpha value is -2.14. The molecule has 0 saturated carbocycles. The molecule has 1 heterocycles. The van der Waals surface area contributed by atoms with E-state index in [1.807, 2.05) is 31.2 Å². The largest absolute Gasteiger partial charge is 0.477 e. The molecule has 106 valence electrons. The van der Waals surface area contributed by atoms with Crippen molar-refractivity contribution in [2.75, 3.05) is 19.0 Å². The molecule has 5 nitrogen and oxygen atoms in total. The predicted octanol–water partition coefficient (Wildman–Crippen LogP) is 2.77. The highest BCUT2D eigenvalue weighted by atomic mass is 16.5. The van der Waals surface area contributed by atoms with Gasteiger partial charge in [-0.05, 0) is 17.9 Å². The summed E-state index contributed by atoms with van der Waals surface area (Å²) in [6.07, 6.45) is 0.862. The lowest BCUT2D eigenvalue weighted by atomic mass is 10.1. The van der Waals surface area contributed by atoms with Gasteiger partial charge >= 0.3 is 5.97 Å². The third-order valence-corrected chi connectivity index (χ3v) is 3.16. The standard InChI is InChI=1S/C15H18N2O3/c1-3-11(9-20-2)16-14-12-7-5-4-6-10(12)8-13(17-14)15(18)19/h4-8,11H,3,9H2,1-2H3,(H,16,17)(H,18,19). The van der Waals surface area contributed by atoms with E-state index >= 15 is 0 Å². The molecule has 0 amide bonds. The van der Waals surface area contributed by atoms with Crippen molar-refractivity contribution in [1.29, 1.82) is 0 Å². The molecule has 0 fully saturated rings. The van der Waals surface area contributed by atoms with Crippen molar-refractivity contribution >= 4 is 22.6 Å². The first-order valence-electron chi connectivity index (χ1n) is 6.54. The first-order chi connectivity index (χ1) is 9.65. The Kier molecular flexibility index (Phi) is 4.53. The third kappa shape index (κ3) is 3.05. The van der Waals surface area contributed by atoms with E-state index < -0.39 is 5.97 Å². The Morgan fingerprint density at radius 1 is 1.45 bits per heavy atom. The third-order valence-electron chi connectivity index (χ3n) is 3.16. The number of aromatic nitrogens is 1. The Morgan fingerprint density at radius 3 is 2.85 bits per heavy atom. The number of pyridine rings is 1. The average Bonchev–Trinajstić information content (AvgIpc) is 2.46. The molecule has 2 N–H and O–H groups in total. The van der Waals surface area contributed by atoms with Gasteiger partial charge in [-0.1, -0.05) is 31.2 Å². The van der Waals surface area contributed by atoms with E-state index in [-0.39, 0.29) is 11.7 Å². The molecule has 0 radical (unpaired) electrons. The molecule has 1 atom stereocenters. The normalized spacial score (nSPS) is 12.3. The number of hydrogen-bond acceptors (Lipinski definition) is 4. The van der Waals surface area contributed by atoms with Crippen LogP contribution in [0.2, 0.25) is 0 Å². The van der Waals surface area contributed by atoms with E-state index in [0.29, 0.717) is 12.4 Å². The lowest BCUT2D eigenvalue weighted by Crippen LogP contribution is -2.25. The fourth-order valence-corrected chi connectivity index (χ4v) is 2.07. The molecule has 0 aliphatic carbocycles. The number of rotatable bonds is 6.